The zero-order chi connectivity index (χ0) is 16.2. The standard InChI is InChI=1S/C18H20N2O2S/c1-13-19-15(12-23-13)8-9-18(21)20-10-4-7-17(20)14-5-3-6-16(11-14)22-2/h3,5-6,8-9,11-12,17H,4,7,10H2,1-2H3/b9-8+. The van der Waals surface area contributed by atoms with E-state index in [1.165, 1.54) is 0 Å². The average molecular weight is 328 g/mol. The average Bonchev–Trinajstić information content (AvgIpc) is 3.21. The minimum Gasteiger partial charge on any atom is -0.497 e. The highest BCUT2D eigenvalue weighted by molar-refractivity contribution is 7.09. The molecule has 0 saturated carbocycles. The van der Waals surface area contributed by atoms with E-state index in [4.69, 9.17) is 4.74 Å². The first-order chi connectivity index (χ1) is 11.2. The summed E-state index contributed by atoms with van der Waals surface area (Å²) in [6.45, 7) is 2.75. The van der Waals surface area contributed by atoms with Crippen molar-refractivity contribution in [1.29, 1.82) is 0 Å². The van der Waals surface area contributed by atoms with E-state index in [-0.39, 0.29) is 11.9 Å². The van der Waals surface area contributed by atoms with Gasteiger partial charge >= 0.3 is 0 Å². The fourth-order valence-electron chi connectivity index (χ4n) is 2.93. The van der Waals surface area contributed by atoms with Crippen LogP contribution in [0.15, 0.2) is 35.7 Å². The van der Waals surface area contributed by atoms with Gasteiger partial charge in [-0.05, 0) is 43.5 Å². The lowest BCUT2D eigenvalue weighted by molar-refractivity contribution is -0.126. The molecular weight excluding hydrogens is 308 g/mol. The number of nitrogens with zero attached hydrogens (tertiary/aromatic N) is 2. The normalized spacial score (nSPS) is 17.8. The van der Waals surface area contributed by atoms with Crippen LogP contribution in [0.25, 0.3) is 6.08 Å². The van der Waals surface area contributed by atoms with E-state index < -0.39 is 0 Å². The van der Waals surface area contributed by atoms with Crippen LogP contribution in [-0.2, 0) is 4.79 Å². The van der Waals surface area contributed by atoms with Gasteiger partial charge in [0, 0.05) is 18.0 Å². The monoisotopic (exact) mass is 328 g/mol. The van der Waals surface area contributed by atoms with Gasteiger partial charge in [0.15, 0.2) is 0 Å². The summed E-state index contributed by atoms with van der Waals surface area (Å²) in [5.74, 6) is 0.872. The summed E-state index contributed by atoms with van der Waals surface area (Å²) < 4.78 is 5.29. The highest BCUT2D eigenvalue weighted by Gasteiger charge is 2.28. The van der Waals surface area contributed by atoms with E-state index in [2.05, 4.69) is 11.1 Å². The van der Waals surface area contributed by atoms with Crippen LogP contribution in [0.3, 0.4) is 0 Å². The van der Waals surface area contributed by atoms with Crippen molar-refractivity contribution in [3.05, 3.63) is 52.0 Å². The largest absolute Gasteiger partial charge is 0.497 e. The molecule has 1 aliphatic rings. The van der Waals surface area contributed by atoms with Gasteiger partial charge in [-0.2, -0.15) is 0 Å². The van der Waals surface area contributed by atoms with Crippen LogP contribution in [0.2, 0.25) is 0 Å². The lowest BCUT2D eigenvalue weighted by atomic mass is 10.0. The van der Waals surface area contributed by atoms with Crippen LogP contribution in [0, 0.1) is 6.92 Å². The van der Waals surface area contributed by atoms with Gasteiger partial charge in [-0.15, -0.1) is 11.3 Å². The van der Waals surface area contributed by atoms with Gasteiger partial charge in [-0.1, -0.05) is 12.1 Å². The maximum Gasteiger partial charge on any atom is 0.247 e. The highest BCUT2D eigenvalue weighted by atomic mass is 32.1. The molecule has 2 aromatic rings. The van der Waals surface area contributed by atoms with Gasteiger partial charge in [-0.3, -0.25) is 4.79 Å². The van der Waals surface area contributed by atoms with Gasteiger partial charge in [0.25, 0.3) is 0 Å². The Kier molecular flexibility index (Phi) is 4.76. The number of aryl methyl sites for hydroxylation is 1. The smallest absolute Gasteiger partial charge is 0.247 e. The molecule has 1 atom stereocenters. The van der Waals surface area contributed by atoms with Crippen molar-refractivity contribution in [1.82, 2.24) is 9.88 Å². The van der Waals surface area contributed by atoms with Crippen LogP contribution < -0.4 is 4.74 Å². The highest BCUT2D eigenvalue weighted by Crippen LogP contribution is 2.33. The van der Waals surface area contributed by atoms with E-state index in [0.29, 0.717) is 0 Å². The number of amides is 1. The first-order valence-corrected chi connectivity index (χ1v) is 8.60. The second-order valence-electron chi connectivity index (χ2n) is 5.59. The number of carbonyl (C=O) groups excluding carboxylic acids is 1. The summed E-state index contributed by atoms with van der Waals surface area (Å²) in [5, 5.41) is 2.97. The first-order valence-electron chi connectivity index (χ1n) is 7.72. The van der Waals surface area contributed by atoms with Crippen LogP contribution in [0.1, 0.15) is 35.1 Å². The Bertz CT molecular complexity index is 723. The van der Waals surface area contributed by atoms with Gasteiger partial charge in [0.05, 0.1) is 23.9 Å². The van der Waals surface area contributed by atoms with E-state index in [0.717, 1.165) is 41.4 Å². The molecule has 0 radical (unpaired) electrons. The molecular formula is C18H20N2O2S. The van der Waals surface area contributed by atoms with Gasteiger partial charge in [0.2, 0.25) is 5.91 Å². The Morgan fingerprint density at radius 2 is 2.35 bits per heavy atom. The number of rotatable bonds is 4. The molecule has 0 spiro atoms. The Balaban J connectivity index is 1.75. The minimum atomic E-state index is 0.0426. The molecule has 1 aliphatic heterocycles. The number of thiazole rings is 1. The van der Waals surface area contributed by atoms with Gasteiger partial charge in [-0.25, -0.2) is 4.98 Å². The van der Waals surface area contributed by atoms with Crippen molar-refractivity contribution in [3.63, 3.8) is 0 Å². The molecule has 120 valence electrons. The van der Waals surface area contributed by atoms with E-state index in [9.17, 15) is 4.79 Å². The lowest BCUT2D eigenvalue weighted by Crippen LogP contribution is -2.28. The zero-order valence-corrected chi connectivity index (χ0v) is 14.2. The summed E-state index contributed by atoms with van der Waals surface area (Å²) in [7, 11) is 1.66. The maximum atomic E-state index is 12.5. The fraction of sp³-hybridized carbons (Fsp3) is 0.333. The predicted molar refractivity (Wildman–Crippen MR) is 92.6 cm³/mol. The first kappa shape index (κ1) is 15.7. The second kappa shape index (κ2) is 6.96. The number of methoxy groups -OCH3 is 1. The molecule has 4 nitrogen and oxygen atoms in total. The summed E-state index contributed by atoms with van der Waals surface area (Å²) in [6, 6.07) is 8.10. The van der Waals surface area contributed by atoms with Crippen molar-refractivity contribution < 1.29 is 9.53 Å². The molecule has 1 amide bonds. The van der Waals surface area contributed by atoms with Crippen LogP contribution in [0.5, 0.6) is 5.75 Å². The van der Waals surface area contributed by atoms with E-state index in [1.54, 1.807) is 30.6 Å². The third kappa shape index (κ3) is 3.62. The fourth-order valence-corrected chi connectivity index (χ4v) is 3.52. The molecule has 1 aromatic heterocycles. The van der Waals surface area contributed by atoms with Gasteiger partial charge < -0.3 is 9.64 Å². The number of hydrogen-bond donors (Lipinski definition) is 0. The molecule has 23 heavy (non-hydrogen) atoms. The van der Waals surface area contributed by atoms with Crippen molar-refractivity contribution in [2.45, 2.75) is 25.8 Å². The molecule has 0 bridgehead atoms. The summed E-state index contributed by atoms with van der Waals surface area (Å²) >= 11 is 1.59. The van der Waals surface area contributed by atoms with Crippen LogP contribution >= 0.6 is 11.3 Å². The van der Waals surface area contributed by atoms with Crippen molar-refractivity contribution in [2.24, 2.45) is 0 Å². The third-order valence-electron chi connectivity index (χ3n) is 4.05. The number of hydrogen-bond acceptors (Lipinski definition) is 4. The summed E-state index contributed by atoms with van der Waals surface area (Å²) in [6.07, 6.45) is 5.44. The van der Waals surface area contributed by atoms with Crippen molar-refractivity contribution >= 4 is 23.3 Å². The minimum absolute atomic E-state index is 0.0426. The Morgan fingerprint density at radius 1 is 1.48 bits per heavy atom. The molecule has 1 saturated heterocycles. The number of likely N-dealkylation sites (tertiary alicyclic amines) is 1. The number of ether oxygens (including phenoxy) is 1. The van der Waals surface area contributed by atoms with E-state index >= 15 is 0 Å². The Hall–Kier alpha value is -2.14. The predicted octanol–water partition coefficient (Wildman–Crippen LogP) is 3.84. The molecule has 1 aromatic carbocycles. The van der Waals surface area contributed by atoms with Gasteiger partial charge in [0.1, 0.15) is 5.75 Å². The number of benzene rings is 1. The quantitative estimate of drug-likeness (QED) is 0.801. The molecule has 1 fully saturated rings. The Morgan fingerprint density at radius 3 is 3.09 bits per heavy atom. The molecule has 2 heterocycles. The maximum absolute atomic E-state index is 12.5. The lowest BCUT2D eigenvalue weighted by Gasteiger charge is -2.24. The second-order valence-corrected chi connectivity index (χ2v) is 6.65. The number of carbonyl (C=O) groups is 1. The Labute approximate surface area is 140 Å². The molecule has 1 unspecified atom stereocenters. The van der Waals surface area contributed by atoms with Crippen molar-refractivity contribution in [3.8, 4) is 5.75 Å². The van der Waals surface area contributed by atoms with Crippen molar-refractivity contribution in [2.75, 3.05) is 13.7 Å². The molecule has 5 heteroatoms. The van der Waals surface area contributed by atoms with Crippen LogP contribution in [-0.4, -0.2) is 29.4 Å². The zero-order valence-electron chi connectivity index (χ0n) is 13.4. The molecule has 3 rings (SSSR count). The SMILES string of the molecule is COc1cccc(C2CCCN2C(=O)/C=C/c2csc(C)n2)c1. The summed E-state index contributed by atoms with van der Waals surface area (Å²) in [5.41, 5.74) is 1.98. The third-order valence-corrected chi connectivity index (χ3v) is 4.84. The number of aromatic nitrogens is 1. The summed E-state index contributed by atoms with van der Waals surface area (Å²) in [4.78, 5) is 18.8. The molecule has 0 N–H and O–H groups in total. The topological polar surface area (TPSA) is 42.4 Å². The van der Waals surface area contributed by atoms with Crippen LogP contribution in [0.4, 0.5) is 0 Å². The van der Waals surface area contributed by atoms with E-state index in [1.807, 2.05) is 35.4 Å². The molecule has 0 aliphatic carbocycles.